The second-order valence-electron chi connectivity index (χ2n) is 25.3. The van der Waals surface area contributed by atoms with E-state index in [4.69, 9.17) is 37.0 Å². The van der Waals surface area contributed by atoms with Crippen molar-refractivity contribution in [2.45, 2.75) is 362 Å². The molecule has 0 aliphatic rings. The monoisotopic (exact) mass is 1280 g/mol. The third kappa shape index (κ3) is 61.3. The fraction of sp³-hybridized carbons (Fsp3) is 0.941. The van der Waals surface area contributed by atoms with Crippen molar-refractivity contribution in [2.24, 2.45) is 11.8 Å². The Labute approximate surface area is 530 Å². The topological polar surface area (TPSA) is 237 Å². The Morgan fingerprint density at radius 3 is 0.874 bits per heavy atom. The van der Waals surface area contributed by atoms with Gasteiger partial charge in [-0.05, 0) is 37.5 Å². The zero-order chi connectivity index (χ0) is 64.3. The SMILES string of the molecule is CCCCCCCCCCCC(=O)OC[C@H](COP(=O)(O)OC[C@H](O)COP(=O)(O)OC[C@@H](COC(=O)CCCCCCCCC(C)CC)OC(=O)CCCCCCCCCCCCCCCCCCC(C)C)OC(=O)CCCCCCCCCCC. The van der Waals surface area contributed by atoms with Crippen molar-refractivity contribution < 1.29 is 80.2 Å². The number of hydrogen-bond acceptors (Lipinski definition) is 15. The van der Waals surface area contributed by atoms with E-state index in [0.717, 1.165) is 108 Å². The third-order valence-corrected chi connectivity index (χ3v) is 18.0. The van der Waals surface area contributed by atoms with Crippen molar-refractivity contribution >= 4 is 39.5 Å². The van der Waals surface area contributed by atoms with Gasteiger partial charge < -0.3 is 33.8 Å². The van der Waals surface area contributed by atoms with Crippen LogP contribution < -0.4 is 0 Å². The molecule has 516 valence electrons. The van der Waals surface area contributed by atoms with Crippen LogP contribution in [0.5, 0.6) is 0 Å². The molecule has 0 fully saturated rings. The summed E-state index contributed by atoms with van der Waals surface area (Å²) in [5, 5.41) is 10.6. The highest BCUT2D eigenvalue weighted by atomic mass is 31.2. The van der Waals surface area contributed by atoms with Gasteiger partial charge in [-0.1, -0.05) is 292 Å². The maximum absolute atomic E-state index is 13.0. The van der Waals surface area contributed by atoms with Gasteiger partial charge in [0.2, 0.25) is 0 Å². The summed E-state index contributed by atoms with van der Waals surface area (Å²) in [6.45, 7) is 9.49. The van der Waals surface area contributed by atoms with Gasteiger partial charge in [-0.3, -0.25) is 37.3 Å². The van der Waals surface area contributed by atoms with Crippen molar-refractivity contribution in [3.63, 3.8) is 0 Å². The van der Waals surface area contributed by atoms with Crippen LogP contribution in [0, 0.1) is 11.8 Å². The molecule has 87 heavy (non-hydrogen) atoms. The summed E-state index contributed by atoms with van der Waals surface area (Å²) in [5.41, 5.74) is 0. The first-order valence-electron chi connectivity index (χ1n) is 35.5. The summed E-state index contributed by atoms with van der Waals surface area (Å²) in [4.78, 5) is 72.3. The highest BCUT2D eigenvalue weighted by Crippen LogP contribution is 2.45. The standard InChI is InChI=1S/C68H132O17P2/c1-7-10-12-14-16-26-31-38-44-50-65(70)78-56-63(84-67(72)52-46-40-32-27-17-15-13-11-8-2)58-82-86(74,75)80-54-62(69)55-81-87(76,77)83-59-64(57-79-66(71)51-45-39-35-34-37-43-49-61(6)9-3)85-68(73)53-47-41-33-29-25-23-21-19-18-20-22-24-28-30-36-42-48-60(4)5/h60-64,69H,7-59H2,1-6H3,(H,74,75)(H,76,77)/t61?,62-,63+,64+/m0/s1. The van der Waals surface area contributed by atoms with Gasteiger partial charge in [-0.25, -0.2) is 9.13 Å². The van der Waals surface area contributed by atoms with E-state index in [-0.39, 0.29) is 25.7 Å². The van der Waals surface area contributed by atoms with Crippen molar-refractivity contribution in [2.75, 3.05) is 39.6 Å². The lowest BCUT2D eigenvalue weighted by atomic mass is 10.00. The smallest absolute Gasteiger partial charge is 0.462 e. The molecule has 0 aromatic carbocycles. The number of carbonyl (C=O) groups is 4. The number of unbranched alkanes of at least 4 members (excludes halogenated alkanes) is 36. The molecule has 19 heteroatoms. The van der Waals surface area contributed by atoms with E-state index >= 15 is 0 Å². The first-order valence-corrected chi connectivity index (χ1v) is 38.5. The minimum absolute atomic E-state index is 0.106. The Hall–Kier alpha value is -1.94. The highest BCUT2D eigenvalue weighted by Gasteiger charge is 2.30. The molecular formula is C68H132O17P2. The van der Waals surface area contributed by atoms with Crippen LogP contribution in [0.3, 0.4) is 0 Å². The predicted octanol–water partition coefficient (Wildman–Crippen LogP) is 19.2. The van der Waals surface area contributed by atoms with Gasteiger partial charge >= 0.3 is 39.5 Å². The van der Waals surface area contributed by atoms with E-state index in [1.54, 1.807) is 0 Å². The lowest BCUT2D eigenvalue weighted by molar-refractivity contribution is -0.161. The number of ether oxygens (including phenoxy) is 4. The normalized spacial score (nSPS) is 14.5. The summed E-state index contributed by atoms with van der Waals surface area (Å²) in [6, 6.07) is 0. The van der Waals surface area contributed by atoms with Crippen molar-refractivity contribution in [1.29, 1.82) is 0 Å². The van der Waals surface area contributed by atoms with Crippen molar-refractivity contribution in [3.05, 3.63) is 0 Å². The van der Waals surface area contributed by atoms with E-state index in [1.165, 1.54) is 154 Å². The van der Waals surface area contributed by atoms with E-state index < -0.39 is 97.5 Å². The number of aliphatic hydroxyl groups is 1. The van der Waals surface area contributed by atoms with Crippen LogP contribution in [0.15, 0.2) is 0 Å². The maximum atomic E-state index is 13.0. The molecule has 17 nitrogen and oxygen atoms in total. The molecule has 0 aromatic heterocycles. The number of phosphoric acid groups is 2. The molecule has 0 rings (SSSR count). The van der Waals surface area contributed by atoms with Crippen LogP contribution in [0.1, 0.15) is 343 Å². The molecule has 0 aliphatic carbocycles. The second-order valence-corrected chi connectivity index (χ2v) is 28.2. The van der Waals surface area contributed by atoms with Gasteiger partial charge in [0.1, 0.15) is 19.3 Å². The van der Waals surface area contributed by atoms with Crippen LogP contribution >= 0.6 is 15.6 Å². The fourth-order valence-electron chi connectivity index (χ4n) is 10.2. The Bertz CT molecular complexity index is 1700. The summed E-state index contributed by atoms with van der Waals surface area (Å²) >= 11 is 0. The van der Waals surface area contributed by atoms with Crippen LogP contribution in [-0.4, -0.2) is 96.7 Å². The zero-order valence-electron chi connectivity index (χ0n) is 56.3. The Balaban J connectivity index is 5.17. The predicted molar refractivity (Wildman–Crippen MR) is 349 cm³/mol. The molecule has 0 heterocycles. The van der Waals surface area contributed by atoms with Gasteiger partial charge in [0, 0.05) is 25.7 Å². The van der Waals surface area contributed by atoms with E-state index in [1.807, 2.05) is 0 Å². The number of aliphatic hydroxyl groups excluding tert-OH is 1. The van der Waals surface area contributed by atoms with E-state index in [9.17, 15) is 43.2 Å². The molecule has 3 unspecified atom stereocenters. The molecule has 0 spiro atoms. The maximum Gasteiger partial charge on any atom is 0.472 e. The molecule has 0 bridgehead atoms. The molecule has 0 aromatic rings. The van der Waals surface area contributed by atoms with Gasteiger partial charge in [-0.15, -0.1) is 0 Å². The van der Waals surface area contributed by atoms with Crippen LogP contribution in [0.25, 0.3) is 0 Å². The van der Waals surface area contributed by atoms with Crippen molar-refractivity contribution in [3.8, 4) is 0 Å². The highest BCUT2D eigenvalue weighted by molar-refractivity contribution is 7.47. The van der Waals surface area contributed by atoms with Gasteiger partial charge in [0.05, 0.1) is 26.4 Å². The van der Waals surface area contributed by atoms with Crippen molar-refractivity contribution in [1.82, 2.24) is 0 Å². The number of hydrogen-bond donors (Lipinski definition) is 3. The lowest BCUT2D eigenvalue weighted by Gasteiger charge is -2.21. The van der Waals surface area contributed by atoms with Crippen LogP contribution in [-0.2, 0) is 65.4 Å². The number of rotatable bonds is 67. The van der Waals surface area contributed by atoms with E-state index in [0.29, 0.717) is 25.7 Å². The summed E-state index contributed by atoms with van der Waals surface area (Å²) in [6.07, 6.45) is 44.5. The summed E-state index contributed by atoms with van der Waals surface area (Å²) < 4.78 is 68.1. The molecule has 0 aliphatic heterocycles. The van der Waals surface area contributed by atoms with Crippen LogP contribution in [0.2, 0.25) is 0 Å². The first kappa shape index (κ1) is 85.1. The minimum atomic E-state index is -4.95. The van der Waals surface area contributed by atoms with E-state index in [2.05, 4.69) is 41.5 Å². The quantitative estimate of drug-likeness (QED) is 0.0222. The summed E-state index contributed by atoms with van der Waals surface area (Å²) in [7, 11) is -9.89. The molecule has 6 atom stereocenters. The number of phosphoric ester groups is 2. The molecule has 0 saturated heterocycles. The zero-order valence-corrected chi connectivity index (χ0v) is 58.1. The lowest BCUT2D eigenvalue weighted by Crippen LogP contribution is -2.30. The Kier molecular flexibility index (Phi) is 59.0. The Morgan fingerprint density at radius 2 is 0.586 bits per heavy atom. The molecule has 0 saturated carbocycles. The average Bonchev–Trinajstić information content (AvgIpc) is 3.53. The largest absolute Gasteiger partial charge is 0.472 e. The van der Waals surface area contributed by atoms with Crippen LogP contribution in [0.4, 0.5) is 0 Å². The minimum Gasteiger partial charge on any atom is -0.462 e. The molecule has 0 amide bonds. The molecule has 0 radical (unpaired) electrons. The van der Waals surface area contributed by atoms with Gasteiger partial charge in [0.15, 0.2) is 12.2 Å². The second kappa shape index (κ2) is 60.3. The number of carbonyl (C=O) groups excluding carboxylic acids is 4. The third-order valence-electron chi connectivity index (χ3n) is 16.1. The molecular weight excluding hydrogens is 1150 g/mol. The van der Waals surface area contributed by atoms with Gasteiger partial charge in [0.25, 0.3) is 0 Å². The average molecular weight is 1280 g/mol. The summed E-state index contributed by atoms with van der Waals surface area (Å²) in [5.74, 6) is -0.591. The number of esters is 4. The van der Waals surface area contributed by atoms with Gasteiger partial charge in [-0.2, -0.15) is 0 Å². The first-order chi connectivity index (χ1) is 41.9. The Morgan fingerprint density at radius 1 is 0.333 bits per heavy atom. The molecule has 3 N–H and O–H groups in total. The fourth-order valence-corrected chi connectivity index (χ4v) is 11.8.